The van der Waals surface area contributed by atoms with Crippen LogP contribution >= 0.6 is 92.8 Å². The normalized spacial score (nSPS) is 25.7. The summed E-state index contributed by atoms with van der Waals surface area (Å²) in [4.78, 5) is 0. The fourth-order valence-electron chi connectivity index (χ4n) is 1.21. The molecule has 110 valence electrons. The van der Waals surface area contributed by atoms with Crippen LogP contribution in [0.1, 0.15) is 13.8 Å². The number of alkyl halides is 8. The molecule has 8 atom stereocenters. The van der Waals surface area contributed by atoms with E-state index in [1.807, 2.05) is 0 Å². The summed E-state index contributed by atoms with van der Waals surface area (Å²) >= 11 is 48.4. The van der Waals surface area contributed by atoms with Gasteiger partial charge in [0.1, 0.15) is 0 Å². The molecule has 0 bridgehead atoms. The molecule has 0 aromatic carbocycles. The van der Waals surface area contributed by atoms with E-state index in [0.717, 1.165) is 0 Å². The molecule has 0 amide bonds. The van der Waals surface area contributed by atoms with Crippen molar-refractivity contribution in [3.63, 3.8) is 0 Å². The maximum atomic E-state index is 6.17. The number of hydrogen-bond acceptors (Lipinski definition) is 0. The monoisotopic (exact) mass is 414 g/mol. The molecule has 0 saturated heterocycles. The number of halogens is 8. The first-order valence-electron chi connectivity index (χ1n) is 5.23. The van der Waals surface area contributed by atoms with E-state index in [1.165, 1.54) is 0 Å². The molecule has 0 nitrogen and oxygen atoms in total. The summed E-state index contributed by atoms with van der Waals surface area (Å²) in [5.74, 6) is 0. The van der Waals surface area contributed by atoms with Gasteiger partial charge in [-0.2, -0.15) is 0 Å². The molecule has 0 spiro atoms. The molecule has 18 heavy (non-hydrogen) atoms. The van der Waals surface area contributed by atoms with Gasteiger partial charge in [-0.05, 0) is 13.8 Å². The molecule has 8 heteroatoms. The molecule has 0 heterocycles. The molecule has 0 fully saturated rings. The Hall–Kier alpha value is 2.32. The third kappa shape index (κ3) is 5.98. The highest BCUT2D eigenvalue weighted by molar-refractivity contribution is 6.42. The van der Waals surface area contributed by atoms with E-state index in [-0.39, 0.29) is 10.8 Å². The van der Waals surface area contributed by atoms with E-state index in [1.54, 1.807) is 13.8 Å². The molecule has 0 saturated carbocycles. The van der Waals surface area contributed by atoms with Crippen LogP contribution in [0.2, 0.25) is 0 Å². The zero-order valence-electron chi connectivity index (χ0n) is 9.64. The predicted octanol–water partition coefficient (Wildman–Crippen LogP) is 5.89. The van der Waals surface area contributed by atoms with Crippen LogP contribution in [0.4, 0.5) is 0 Å². The van der Waals surface area contributed by atoms with Gasteiger partial charge in [-0.3, -0.25) is 0 Å². The van der Waals surface area contributed by atoms with Gasteiger partial charge in [0.25, 0.3) is 0 Å². The van der Waals surface area contributed by atoms with Crippen molar-refractivity contribution in [1.29, 1.82) is 0 Å². The minimum absolute atomic E-state index is 0.341. The lowest BCUT2D eigenvalue weighted by Gasteiger charge is -2.30. The van der Waals surface area contributed by atoms with Crippen LogP contribution in [0.3, 0.4) is 0 Å². The van der Waals surface area contributed by atoms with Gasteiger partial charge < -0.3 is 0 Å². The Morgan fingerprint density at radius 1 is 0.389 bits per heavy atom. The molecule has 0 aliphatic rings. The summed E-state index contributed by atoms with van der Waals surface area (Å²) in [5.41, 5.74) is 0. The molecule has 0 aliphatic heterocycles. The van der Waals surface area contributed by atoms with Crippen LogP contribution in [-0.2, 0) is 0 Å². The van der Waals surface area contributed by atoms with Crippen molar-refractivity contribution in [2.24, 2.45) is 0 Å². The Kier molecular flexibility index (Phi) is 10.6. The molecule has 0 N–H and O–H groups in total. The lowest BCUT2D eigenvalue weighted by atomic mass is 10.1. The van der Waals surface area contributed by atoms with Gasteiger partial charge in [0.2, 0.25) is 0 Å². The van der Waals surface area contributed by atoms with E-state index in [4.69, 9.17) is 92.8 Å². The van der Waals surface area contributed by atoms with Gasteiger partial charge in [-0.25, -0.2) is 0 Å². The van der Waals surface area contributed by atoms with Crippen molar-refractivity contribution in [1.82, 2.24) is 0 Å². The minimum Gasteiger partial charge on any atom is -0.122 e. The molecule has 0 aromatic rings. The molecule has 0 aliphatic carbocycles. The first-order valence-corrected chi connectivity index (χ1v) is 8.73. The van der Waals surface area contributed by atoms with Crippen LogP contribution < -0.4 is 0 Å². The molecule has 0 unspecified atom stereocenters. The summed E-state index contributed by atoms with van der Waals surface area (Å²) in [6.07, 6.45) is 0. The van der Waals surface area contributed by atoms with Gasteiger partial charge in [0.15, 0.2) is 0 Å². The zero-order valence-corrected chi connectivity index (χ0v) is 15.7. The summed E-state index contributed by atoms with van der Waals surface area (Å²) in [7, 11) is 0. The van der Waals surface area contributed by atoms with Gasteiger partial charge in [0, 0.05) is 10.8 Å². The Bertz CT molecular complexity index is 210. The quantitative estimate of drug-likeness (QED) is 0.453. The van der Waals surface area contributed by atoms with Gasteiger partial charge in [0.05, 0.1) is 32.3 Å². The third-order valence-corrected chi connectivity index (χ3v) is 7.31. The largest absolute Gasteiger partial charge is 0.122 e. The highest BCUT2D eigenvalue weighted by atomic mass is 35.5. The maximum Gasteiger partial charge on any atom is 0.0693 e. The second-order valence-corrected chi connectivity index (χ2v) is 8.42. The van der Waals surface area contributed by atoms with Gasteiger partial charge >= 0.3 is 0 Å². The van der Waals surface area contributed by atoms with Crippen molar-refractivity contribution in [3.05, 3.63) is 0 Å². The lowest BCUT2D eigenvalue weighted by molar-refractivity contribution is 0.621. The van der Waals surface area contributed by atoms with Crippen LogP contribution in [-0.4, -0.2) is 43.0 Å². The zero-order chi connectivity index (χ0) is 14.6. The van der Waals surface area contributed by atoms with Crippen molar-refractivity contribution in [3.8, 4) is 0 Å². The maximum absolute atomic E-state index is 6.17. The lowest BCUT2D eigenvalue weighted by Crippen LogP contribution is -2.43. The SMILES string of the molecule is C[C@H](Cl)[C@H](Cl)[C@H](Cl)[C@H](Cl)[C@H](Cl)[C@H](Cl)[C@@H](Cl)[C@H](C)Cl. The molecular weight excluding hydrogens is 404 g/mol. The first-order chi connectivity index (χ1) is 8.11. The second kappa shape index (κ2) is 9.36. The molecule has 0 rings (SSSR count). The molecule has 0 aromatic heterocycles. The van der Waals surface area contributed by atoms with Crippen LogP contribution in [0.5, 0.6) is 0 Å². The Balaban J connectivity index is 4.63. The summed E-state index contributed by atoms with van der Waals surface area (Å²) in [6, 6.07) is 0. The van der Waals surface area contributed by atoms with Crippen molar-refractivity contribution >= 4 is 92.8 Å². The van der Waals surface area contributed by atoms with Crippen molar-refractivity contribution in [2.45, 2.75) is 56.9 Å². The van der Waals surface area contributed by atoms with E-state index in [9.17, 15) is 0 Å². The smallest absolute Gasteiger partial charge is 0.0693 e. The standard InChI is InChI=1S/C10H14Cl8/c1-3(11)5(13)7(15)9(17)10(18)8(16)6(14)4(2)12/h3-10H,1-2H3/t3-,4-,5-,6-,7-,8+,9-,10+/m0/s1. The topological polar surface area (TPSA) is 0 Å². The average Bonchev–Trinajstić information content (AvgIpc) is 2.32. The van der Waals surface area contributed by atoms with Crippen LogP contribution in [0.15, 0.2) is 0 Å². The van der Waals surface area contributed by atoms with Gasteiger partial charge in [-0.15, -0.1) is 92.8 Å². The Labute approximate surface area is 148 Å². The van der Waals surface area contributed by atoms with E-state index in [0.29, 0.717) is 0 Å². The summed E-state index contributed by atoms with van der Waals surface area (Å²) < 4.78 is 0. The minimum atomic E-state index is -0.670. The third-order valence-electron chi connectivity index (χ3n) is 2.40. The Morgan fingerprint density at radius 2 is 0.556 bits per heavy atom. The highest BCUT2D eigenvalue weighted by Gasteiger charge is 2.39. The fourth-order valence-corrected chi connectivity index (χ4v) is 3.66. The summed E-state index contributed by atoms with van der Waals surface area (Å²) in [5, 5.41) is -4.32. The number of rotatable bonds is 7. The molecular formula is C10H14Cl8. The van der Waals surface area contributed by atoms with Crippen LogP contribution in [0, 0.1) is 0 Å². The molecule has 0 radical (unpaired) electrons. The number of hydrogen-bond donors (Lipinski definition) is 0. The van der Waals surface area contributed by atoms with Crippen LogP contribution in [0.25, 0.3) is 0 Å². The average molecular weight is 418 g/mol. The van der Waals surface area contributed by atoms with Crippen molar-refractivity contribution in [2.75, 3.05) is 0 Å². The highest BCUT2D eigenvalue weighted by Crippen LogP contribution is 2.33. The van der Waals surface area contributed by atoms with E-state index >= 15 is 0 Å². The first kappa shape index (κ1) is 20.3. The van der Waals surface area contributed by atoms with E-state index in [2.05, 4.69) is 0 Å². The van der Waals surface area contributed by atoms with Gasteiger partial charge in [-0.1, -0.05) is 0 Å². The Morgan fingerprint density at radius 3 is 0.722 bits per heavy atom. The predicted molar refractivity (Wildman–Crippen MR) is 88.5 cm³/mol. The second-order valence-electron chi connectivity index (χ2n) is 4.02. The fraction of sp³-hybridized carbons (Fsp3) is 1.00. The van der Waals surface area contributed by atoms with E-state index < -0.39 is 32.3 Å². The summed E-state index contributed by atoms with van der Waals surface area (Å²) in [6.45, 7) is 3.45. The van der Waals surface area contributed by atoms with Crippen molar-refractivity contribution < 1.29 is 0 Å².